The molecule has 7 heteroatoms. The van der Waals surface area contributed by atoms with Gasteiger partial charge in [-0.2, -0.15) is 0 Å². The lowest BCUT2D eigenvalue weighted by Gasteiger charge is -2.32. The quantitative estimate of drug-likeness (QED) is 0.650. The fourth-order valence-corrected chi connectivity index (χ4v) is 4.01. The van der Waals surface area contributed by atoms with E-state index in [4.69, 9.17) is 14.2 Å². The molecule has 1 heterocycles. The van der Waals surface area contributed by atoms with Crippen molar-refractivity contribution in [2.24, 2.45) is 5.92 Å². The van der Waals surface area contributed by atoms with Gasteiger partial charge in [-0.15, -0.1) is 0 Å². The second-order valence-electron chi connectivity index (χ2n) is 7.10. The summed E-state index contributed by atoms with van der Waals surface area (Å²) in [7, 11) is 1.57. The molecule has 1 aromatic carbocycles. The average Bonchev–Trinajstić information content (AvgIpc) is 3.25. The molecule has 0 aromatic heterocycles. The van der Waals surface area contributed by atoms with Crippen LogP contribution in [0.15, 0.2) is 24.3 Å². The first-order valence-electron chi connectivity index (χ1n) is 9.42. The third kappa shape index (κ3) is 4.40. The Morgan fingerprint density at radius 2 is 1.96 bits per heavy atom. The van der Waals surface area contributed by atoms with E-state index in [2.05, 4.69) is 0 Å². The Balaban J connectivity index is 1.65. The van der Waals surface area contributed by atoms with Crippen molar-refractivity contribution in [3.8, 4) is 5.75 Å². The fourth-order valence-electron chi connectivity index (χ4n) is 4.01. The molecule has 1 saturated carbocycles. The zero-order chi connectivity index (χ0) is 19.3. The molecule has 27 heavy (non-hydrogen) atoms. The number of hydrogen-bond acceptors (Lipinski definition) is 5. The molecule has 1 aliphatic carbocycles. The van der Waals surface area contributed by atoms with Crippen LogP contribution >= 0.6 is 0 Å². The number of esters is 1. The summed E-state index contributed by atoms with van der Waals surface area (Å²) in [4.78, 5) is 26.7. The second-order valence-corrected chi connectivity index (χ2v) is 7.10. The minimum atomic E-state index is -0.647. The SMILES string of the molecule is COCCN(CCOc1ccccc1F)C(=O)C1CC(=O)OC12CCCC2. The summed E-state index contributed by atoms with van der Waals surface area (Å²) in [5, 5.41) is 0. The number of carbonyl (C=O) groups is 2. The van der Waals surface area contributed by atoms with Gasteiger partial charge in [0.25, 0.3) is 0 Å². The molecule has 2 fully saturated rings. The number of amides is 1. The van der Waals surface area contributed by atoms with Crippen molar-refractivity contribution in [3.63, 3.8) is 0 Å². The molecule has 1 saturated heterocycles. The molecular weight excluding hydrogens is 353 g/mol. The van der Waals surface area contributed by atoms with Crippen LogP contribution in [0.25, 0.3) is 0 Å². The van der Waals surface area contributed by atoms with Crippen LogP contribution in [0.2, 0.25) is 0 Å². The van der Waals surface area contributed by atoms with Crippen LogP contribution in [0.4, 0.5) is 4.39 Å². The van der Waals surface area contributed by atoms with Gasteiger partial charge in [0.2, 0.25) is 5.91 Å². The zero-order valence-corrected chi connectivity index (χ0v) is 15.6. The molecule has 0 N–H and O–H groups in total. The highest BCUT2D eigenvalue weighted by Gasteiger charge is 2.54. The molecule has 1 spiro atoms. The Morgan fingerprint density at radius 3 is 2.67 bits per heavy atom. The maximum atomic E-state index is 13.7. The van der Waals surface area contributed by atoms with Gasteiger partial charge >= 0.3 is 5.97 Å². The van der Waals surface area contributed by atoms with Gasteiger partial charge in [0.15, 0.2) is 11.6 Å². The number of hydrogen-bond donors (Lipinski definition) is 0. The van der Waals surface area contributed by atoms with Crippen LogP contribution < -0.4 is 4.74 Å². The Kier molecular flexibility index (Phi) is 6.31. The predicted molar refractivity (Wildman–Crippen MR) is 95.7 cm³/mol. The molecule has 1 aromatic rings. The van der Waals surface area contributed by atoms with E-state index >= 15 is 0 Å². The molecule has 1 atom stereocenters. The number of methoxy groups -OCH3 is 1. The first-order chi connectivity index (χ1) is 13.1. The van der Waals surface area contributed by atoms with Crippen molar-refractivity contribution in [2.75, 3.05) is 33.4 Å². The first-order valence-corrected chi connectivity index (χ1v) is 9.42. The van der Waals surface area contributed by atoms with Gasteiger partial charge in [0.1, 0.15) is 12.2 Å². The molecule has 1 unspecified atom stereocenters. The molecule has 2 aliphatic rings. The summed E-state index contributed by atoms with van der Waals surface area (Å²) < 4.78 is 29.9. The average molecular weight is 379 g/mol. The molecule has 0 bridgehead atoms. The van der Waals surface area contributed by atoms with Crippen molar-refractivity contribution in [1.82, 2.24) is 4.90 Å². The highest BCUT2D eigenvalue weighted by Crippen LogP contribution is 2.46. The Hall–Kier alpha value is -2.15. The molecule has 148 valence electrons. The summed E-state index contributed by atoms with van der Waals surface area (Å²) in [5.41, 5.74) is -0.647. The van der Waals surface area contributed by atoms with Gasteiger partial charge < -0.3 is 19.1 Å². The van der Waals surface area contributed by atoms with Crippen LogP contribution in [0, 0.1) is 11.7 Å². The monoisotopic (exact) mass is 379 g/mol. The molecule has 1 amide bonds. The largest absolute Gasteiger partial charge is 0.489 e. The Labute approximate surface area is 158 Å². The number of nitrogens with zero attached hydrogens (tertiary/aromatic N) is 1. The van der Waals surface area contributed by atoms with Crippen molar-refractivity contribution >= 4 is 11.9 Å². The van der Waals surface area contributed by atoms with Crippen LogP contribution in [-0.2, 0) is 19.1 Å². The number of para-hydroxylation sites is 1. The van der Waals surface area contributed by atoms with E-state index in [9.17, 15) is 14.0 Å². The van der Waals surface area contributed by atoms with Gasteiger partial charge in [-0.1, -0.05) is 12.1 Å². The van der Waals surface area contributed by atoms with E-state index in [1.54, 1.807) is 30.2 Å². The van der Waals surface area contributed by atoms with E-state index in [1.807, 2.05) is 0 Å². The second kappa shape index (κ2) is 8.69. The smallest absolute Gasteiger partial charge is 0.307 e. The number of benzene rings is 1. The van der Waals surface area contributed by atoms with Gasteiger partial charge in [-0.3, -0.25) is 9.59 Å². The number of ether oxygens (including phenoxy) is 3. The van der Waals surface area contributed by atoms with E-state index < -0.39 is 17.3 Å². The fraction of sp³-hybridized carbons (Fsp3) is 0.600. The normalized spacial score (nSPS) is 20.7. The predicted octanol–water partition coefficient (Wildman–Crippen LogP) is 2.56. The van der Waals surface area contributed by atoms with Gasteiger partial charge in [0, 0.05) is 13.7 Å². The van der Waals surface area contributed by atoms with Crippen molar-refractivity contribution in [1.29, 1.82) is 0 Å². The third-order valence-electron chi connectivity index (χ3n) is 5.40. The molecule has 1 aliphatic heterocycles. The van der Waals surface area contributed by atoms with Crippen molar-refractivity contribution in [3.05, 3.63) is 30.1 Å². The van der Waals surface area contributed by atoms with Gasteiger partial charge in [-0.25, -0.2) is 4.39 Å². The highest BCUT2D eigenvalue weighted by molar-refractivity contribution is 5.88. The lowest BCUT2D eigenvalue weighted by Crippen LogP contribution is -2.47. The van der Waals surface area contributed by atoms with E-state index in [0.29, 0.717) is 13.2 Å². The number of rotatable bonds is 8. The van der Waals surface area contributed by atoms with Crippen LogP contribution in [0.1, 0.15) is 32.1 Å². The lowest BCUT2D eigenvalue weighted by molar-refractivity contribution is -0.152. The summed E-state index contributed by atoms with van der Waals surface area (Å²) in [5.74, 6) is -1.16. The zero-order valence-electron chi connectivity index (χ0n) is 15.6. The lowest BCUT2D eigenvalue weighted by atomic mass is 9.84. The molecule has 3 rings (SSSR count). The highest BCUT2D eigenvalue weighted by atomic mass is 19.1. The first kappa shape index (κ1) is 19.6. The maximum absolute atomic E-state index is 13.7. The van der Waals surface area contributed by atoms with Crippen LogP contribution in [-0.4, -0.2) is 55.8 Å². The standard InChI is InChI=1S/C20H26FNO5/c1-25-12-10-22(11-13-26-17-7-3-2-6-16(17)21)19(24)15-14-18(23)27-20(15)8-4-5-9-20/h2-3,6-7,15H,4-5,8-14H2,1H3. The topological polar surface area (TPSA) is 65.1 Å². The van der Waals surface area contributed by atoms with Crippen molar-refractivity contribution < 1.29 is 28.2 Å². The van der Waals surface area contributed by atoms with E-state index in [-0.39, 0.29) is 37.2 Å². The van der Waals surface area contributed by atoms with Crippen LogP contribution in [0.5, 0.6) is 5.75 Å². The summed E-state index contributed by atoms with van der Waals surface area (Å²) >= 11 is 0. The molecule has 6 nitrogen and oxygen atoms in total. The maximum Gasteiger partial charge on any atom is 0.307 e. The van der Waals surface area contributed by atoms with Crippen molar-refractivity contribution in [2.45, 2.75) is 37.7 Å². The minimum absolute atomic E-state index is 0.114. The number of carbonyl (C=O) groups excluding carboxylic acids is 2. The van der Waals surface area contributed by atoms with E-state index in [0.717, 1.165) is 25.7 Å². The third-order valence-corrected chi connectivity index (χ3v) is 5.40. The number of halogens is 1. The summed E-state index contributed by atoms with van der Waals surface area (Å²) in [6, 6.07) is 6.16. The summed E-state index contributed by atoms with van der Waals surface area (Å²) in [6.07, 6.45) is 3.52. The van der Waals surface area contributed by atoms with E-state index in [1.165, 1.54) is 6.07 Å². The molecular formula is C20H26FNO5. The van der Waals surface area contributed by atoms with Gasteiger partial charge in [-0.05, 0) is 37.8 Å². The Morgan fingerprint density at radius 1 is 1.26 bits per heavy atom. The summed E-state index contributed by atoms with van der Waals surface area (Å²) in [6.45, 7) is 1.21. The minimum Gasteiger partial charge on any atom is -0.489 e. The van der Waals surface area contributed by atoms with Gasteiger partial charge in [0.05, 0.1) is 25.5 Å². The Bertz CT molecular complexity index is 674. The molecule has 0 radical (unpaired) electrons. The van der Waals surface area contributed by atoms with Crippen LogP contribution in [0.3, 0.4) is 0 Å².